The van der Waals surface area contributed by atoms with Crippen molar-refractivity contribution in [3.63, 3.8) is 0 Å². The Morgan fingerprint density at radius 3 is 2.33 bits per heavy atom. The van der Waals surface area contributed by atoms with Gasteiger partial charge in [-0.2, -0.15) is 0 Å². The fourth-order valence-electron chi connectivity index (χ4n) is 3.36. The van der Waals surface area contributed by atoms with Crippen molar-refractivity contribution in [2.75, 3.05) is 0 Å². The van der Waals surface area contributed by atoms with Gasteiger partial charge in [0.2, 0.25) is 5.91 Å². The van der Waals surface area contributed by atoms with Gasteiger partial charge in [0.15, 0.2) is 5.82 Å². The molecule has 2 aliphatic carbocycles. The SMILES string of the molecule is O=C1CCC(C(=O)NC2CCC(Oc3ncc(F)cn3)CC2)CC1. The first kappa shape index (κ1) is 16.8. The highest BCUT2D eigenvalue weighted by Crippen LogP contribution is 2.25. The van der Waals surface area contributed by atoms with Gasteiger partial charge in [0.1, 0.15) is 11.9 Å². The van der Waals surface area contributed by atoms with E-state index in [2.05, 4.69) is 15.3 Å². The van der Waals surface area contributed by atoms with E-state index in [9.17, 15) is 14.0 Å². The van der Waals surface area contributed by atoms with E-state index in [1.807, 2.05) is 0 Å². The first-order valence-corrected chi connectivity index (χ1v) is 8.56. The number of hydrogen-bond acceptors (Lipinski definition) is 5. The summed E-state index contributed by atoms with van der Waals surface area (Å²) >= 11 is 0. The molecule has 2 saturated carbocycles. The van der Waals surface area contributed by atoms with Crippen LogP contribution in [0.3, 0.4) is 0 Å². The average molecular weight is 335 g/mol. The Morgan fingerprint density at radius 2 is 1.71 bits per heavy atom. The molecule has 0 bridgehead atoms. The van der Waals surface area contributed by atoms with E-state index in [0.717, 1.165) is 38.1 Å². The third-order valence-corrected chi connectivity index (χ3v) is 4.80. The van der Waals surface area contributed by atoms with Gasteiger partial charge in [0, 0.05) is 24.8 Å². The van der Waals surface area contributed by atoms with Crippen LogP contribution in [0.1, 0.15) is 51.4 Å². The Balaban J connectivity index is 1.41. The molecule has 0 unspecified atom stereocenters. The van der Waals surface area contributed by atoms with Gasteiger partial charge in [-0.1, -0.05) is 0 Å². The lowest BCUT2D eigenvalue weighted by atomic mass is 9.86. The zero-order valence-electron chi connectivity index (χ0n) is 13.5. The third-order valence-electron chi connectivity index (χ3n) is 4.80. The van der Waals surface area contributed by atoms with Gasteiger partial charge < -0.3 is 10.1 Å². The minimum atomic E-state index is -0.488. The summed E-state index contributed by atoms with van der Waals surface area (Å²) in [6.45, 7) is 0. The summed E-state index contributed by atoms with van der Waals surface area (Å²) in [5.41, 5.74) is 0. The Hall–Kier alpha value is -2.05. The Kier molecular flexibility index (Phi) is 5.37. The Labute approximate surface area is 140 Å². The van der Waals surface area contributed by atoms with E-state index in [4.69, 9.17) is 4.74 Å². The quantitative estimate of drug-likeness (QED) is 0.912. The number of rotatable bonds is 4. The van der Waals surface area contributed by atoms with Crippen molar-refractivity contribution in [2.24, 2.45) is 5.92 Å². The fraction of sp³-hybridized carbons (Fsp3) is 0.647. The maximum Gasteiger partial charge on any atom is 0.316 e. The molecule has 7 heteroatoms. The molecule has 2 fully saturated rings. The average Bonchev–Trinajstić information content (AvgIpc) is 2.59. The molecule has 6 nitrogen and oxygen atoms in total. The summed E-state index contributed by atoms with van der Waals surface area (Å²) in [6.07, 6.45) is 7.83. The van der Waals surface area contributed by atoms with Gasteiger partial charge in [-0.15, -0.1) is 0 Å². The third kappa shape index (κ3) is 4.49. The highest BCUT2D eigenvalue weighted by molar-refractivity contribution is 5.84. The number of ether oxygens (including phenoxy) is 1. The predicted molar refractivity (Wildman–Crippen MR) is 83.8 cm³/mol. The smallest absolute Gasteiger partial charge is 0.316 e. The Morgan fingerprint density at radius 1 is 1.08 bits per heavy atom. The van der Waals surface area contributed by atoms with Crippen molar-refractivity contribution in [2.45, 2.75) is 63.5 Å². The Bertz CT molecular complexity index is 575. The summed E-state index contributed by atoms with van der Waals surface area (Å²) in [4.78, 5) is 31.1. The van der Waals surface area contributed by atoms with Gasteiger partial charge in [0.05, 0.1) is 12.4 Å². The van der Waals surface area contributed by atoms with Crippen LogP contribution >= 0.6 is 0 Å². The summed E-state index contributed by atoms with van der Waals surface area (Å²) in [5, 5.41) is 3.11. The van der Waals surface area contributed by atoms with Crippen LogP contribution in [0.25, 0.3) is 0 Å². The summed E-state index contributed by atoms with van der Waals surface area (Å²) in [7, 11) is 0. The topological polar surface area (TPSA) is 81.2 Å². The van der Waals surface area contributed by atoms with E-state index in [1.165, 1.54) is 0 Å². The van der Waals surface area contributed by atoms with E-state index >= 15 is 0 Å². The number of Topliss-reactive ketones (excluding diaryl/α,β-unsaturated/α-hetero) is 1. The number of nitrogens with zero attached hydrogens (tertiary/aromatic N) is 2. The van der Waals surface area contributed by atoms with Crippen LogP contribution in [0, 0.1) is 11.7 Å². The second-order valence-electron chi connectivity index (χ2n) is 6.60. The van der Waals surface area contributed by atoms with E-state index < -0.39 is 5.82 Å². The second-order valence-corrected chi connectivity index (χ2v) is 6.60. The monoisotopic (exact) mass is 335 g/mol. The van der Waals surface area contributed by atoms with Crippen LogP contribution in [-0.4, -0.2) is 33.8 Å². The van der Waals surface area contributed by atoms with Gasteiger partial charge in [-0.05, 0) is 38.5 Å². The lowest BCUT2D eigenvalue weighted by molar-refractivity contribution is -0.129. The van der Waals surface area contributed by atoms with E-state index in [0.29, 0.717) is 25.7 Å². The molecule has 0 atom stereocenters. The van der Waals surface area contributed by atoms with Crippen molar-refractivity contribution < 1.29 is 18.7 Å². The molecule has 1 heterocycles. The number of halogens is 1. The molecule has 1 N–H and O–H groups in total. The lowest BCUT2D eigenvalue weighted by Gasteiger charge is -2.30. The minimum Gasteiger partial charge on any atom is -0.460 e. The number of aromatic nitrogens is 2. The number of amides is 1. The number of carbonyl (C=O) groups is 2. The molecule has 3 rings (SSSR count). The first-order valence-electron chi connectivity index (χ1n) is 8.56. The largest absolute Gasteiger partial charge is 0.460 e. The van der Waals surface area contributed by atoms with Crippen LogP contribution in [-0.2, 0) is 9.59 Å². The molecule has 0 aromatic carbocycles. The van der Waals surface area contributed by atoms with E-state index in [1.54, 1.807) is 0 Å². The molecule has 24 heavy (non-hydrogen) atoms. The maximum atomic E-state index is 12.8. The van der Waals surface area contributed by atoms with Gasteiger partial charge >= 0.3 is 6.01 Å². The van der Waals surface area contributed by atoms with E-state index in [-0.39, 0.29) is 35.8 Å². The molecule has 0 saturated heterocycles. The molecular weight excluding hydrogens is 313 g/mol. The van der Waals surface area contributed by atoms with Crippen molar-refractivity contribution in [3.05, 3.63) is 18.2 Å². The number of carbonyl (C=O) groups excluding carboxylic acids is 2. The fourth-order valence-corrected chi connectivity index (χ4v) is 3.36. The summed E-state index contributed by atoms with van der Waals surface area (Å²) in [5.74, 6) is -0.170. The lowest BCUT2D eigenvalue weighted by Crippen LogP contribution is -2.43. The number of hydrogen-bond donors (Lipinski definition) is 1. The highest BCUT2D eigenvalue weighted by atomic mass is 19.1. The van der Waals surface area contributed by atoms with Crippen molar-refractivity contribution in [3.8, 4) is 6.01 Å². The zero-order valence-corrected chi connectivity index (χ0v) is 13.5. The predicted octanol–water partition coefficient (Wildman–Crippen LogP) is 2.18. The molecule has 1 aromatic rings. The number of ketones is 1. The molecule has 2 aliphatic rings. The standard InChI is InChI=1S/C17H22FN3O3/c18-12-9-19-17(20-10-12)24-15-7-3-13(4-8-15)21-16(23)11-1-5-14(22)6-2-11/h9-11,13,15H,1-8H2,(H,21,23). The molecule has 0 radical (unpaired) electrons. The van der Waals surface area contributed by atoms with Crippen LogP contribution in [0.2, 0.25) is 0 Å². The van der Waals surface area contributed by atoms with Crippen LogP contribution in [0.4, 0.5) is 4.39 Å². The summed E-state index contributed by atoms with van der Waals surface area (Å²) in [6, 6.07) is 0.347. The van der Waals surface area contributed by atoms with Crippen molar-refractivity contribution >= 4 is 11.7 Å². The summed E-state index contributed by atoms with van der Waals surface area (Å²) < 4.78 is 18.4. The van der Waals surface area contributed by atoms with Gasteiger partial charge in [-0.25, -0.2) is 14.4 Å². The molecule has 0 aliphatic heterocycles. The zero-order chi connectivity index (χ0) is 16.9. The van der Waals surface area contributed by atoms with Crippen LogP contribution in [0.5, 0.6) is 6.01 Å². The van der Waals surface area contributed by atoms with Gasteiger partial charge in [0.25, 0.3) is 0 Å². The molecule has 0 spiro atoms. The van der Waals surface area contributed by atoms with Crippen molar-refractivity contribution in [1.82, 2.24) is 15.3 Å². The number of nitrogens with one attached hydrogen (secondary N) is 1. The molecule has 1 amide bonds. The van der Waals surface area contributed by atoms with Gasteiger partial charge in [-0.3, -0.25) is 9.59 Å². The maximum absolute atomic E-state index is 12.8. The molecular formula is C17H22FN3O3. The molecule has 1 aromatic heterocycles. The minimum absolute atomic E-state index is 0.00378. The second kappa shape index (κ2) is 7.68. The highest BCUT2D eigenvalue weighted by Gasteiger charge is 2.29. The van der Waals surface area contributed by atoms with Crippen LogP contribution < -0.4 is 10.1 Å². The first-order chi connectivity index (χ1) is 11.6. The van der Waals surface area contributed by atoms with Crippen LogP contribution in [0.15, 0.2) is 12.4 Å². The molecule has 130 valence electrons. The normalized spacial score (nSPS) is 25.3. The van der Waals surface area contributed by atoms with Crippen molar-refractivity contribution in [1.29, 1.82) is 0 Å².